The number of aromatic nitrogens is 1. The number of amides is 1. The zero-order chi connectivity index (χ0) is 15.0. The monoisotopic (exact) mass is 297 g/mol. The lowest BCUT2D eigenvalue weighted by Crippen LogP contribution is -2.37. The number of aliphatic hydroxyl groups excluding tert-OH is 1. The predicted octanol–water partition coefficient (Wildman–Crippen LogP) is 1.45. The van der Waals surface area contributed by atoms with Gasteiger partial charge in [0.15, 0.2) is 0 Å². The standard InChI is InChI=1S/C13H19N3O3S/c1-3-5-16(13(18)19-6-4-2)7-10(14)11-9-20-12(8-17)15-11/h3-4,9-10,17H,1-2,5-8,14H2. The Kier molecular flexibility index (Phi) is 6.92. The van der Waals surface area contributed by atoms with Crippen molar-refractivity contribution in [2.45, 2.75) is 12.6 Å². The van der Waals surface area contributed by atoms with Crippen LogP contribution >= 0.6 is 11.3 Å². The van der Waals surface area contributed by atoms with Gasteiger partial charge in [-0.05, 0) is 0 Å². The number of carbonyl (C=O) groups excluding carboxylic acids is 1. The molecule has 3 N–H and O–H groups in total. The lowest BCUT2D eigenvalue weighted by molar-refractivity contribution is 0.114. The average Bonchev–Trinajstić information content (AvgIpc) is 2.93. The first-order valence-electron chi connectivity index (χ1n) is 6.06. The van der Waals surface area contributed by atoms with Gasteiger partial charge < -0.3 is 20.5 Å². The first-order chi connectivity index (χ1) is 9.62. The zero-order valence-electron chi connectivity index (χ0n) is 11.2. The molecule has 0 saturated carbocycles. The van der Waals surface area contributed by atoms with E-state index >= 15 is 0 Å². The molecule has 0 saturated heterocycles. The molecule has 110 valence electrons. The molecule has 20 heavy (non-hydrogen) atoms. The van der Waals surface area contributed by atoms with Crippen molar-refractivity contribution in [2.75, 3.05) is 19.7 Å². The van der Waals surface area contributed by atoms with E-state index in [9.17, 15) is 4.79 Å². The Hall–Kier alpha value is -1.70. The molecule has 1 unspecified atom stereocenters. The first-order valence-corrected chi connectivity index (χ1v) is 6.94. The number of nitrogens with zero attached hydrogens (tertiary/aromatic N) is 2. The fraction of sp³-hybridized carbons (Fsp3) is 0.385. The Morgan fingerprint density at radius 3 is 2.90 bits per heavy atom. The summed E-state index contributed by atoms with van der Waals surface area (Å²) in [7, 11) is 0. The van der Waals surface area contributed by atoms with Gasteiger partial charge in [-0.15, -0.1) is 17.9 Å². The summed E-state index contributed by atoms with van der Waals surface area (Å²) in [5.74, 6) is 0. The van der Waals surface area contributed by atoms with Gasteiger partial charge in [-0.3, -0.25) is 0 Å². The SMILES string of the molecule is C=CCOC(=O)N(CC=C)CC(N)c1csc(CO)n1. The molecule has 0 aromatic carbocycles. The van der Waals surface area contributed by atoms with Crippen molar-refractivity contribution in [2.24, 2.45) is 5.73 Å². The molecule has 0 radical (unpaired) electrons. The molecule has 0 fully saturated rings. The maximum Gasteiger partial charge on any atom is 0.410 e. The highest BCUT2D eigenvalue weighted by atomic mass is 32.1. The molecular formula is C13H19N3O3S. The predicted molar refractivity (Wildman–Crippen MR) is 78.3 cm³/mol. The Morgan fingerprint density at radius 1 is 1.60 bits per heavy atom. The van der Waals surface area contributed by atoms with Gasteiger partial charge in [0, 0.05) is 18.5 Å². The van der Waals surface area contributed by atoms with Crippen molar-refractivity contribution in [1.82, 2.24) is 9.88 Å². The minimum absolute atomic E-state index is 0.116. The van der Waals surface area contributed by atoms with Crippen molar-refractivity contribution >= 4 is 17.4 Å². The van der Waals surface area contributed by atoms with Crippen molar-refractivity contribution in [1.29, 1.82) is 0 Å². The highest BCUT2D eigenvalue weighted by Gasteiger charge is 2.19. The summed E-state index contributed by atoms with van der Waals surface area (Å²) in [6, 6.07) is -0.442. The minimum atomic E-state index is -0.474. The van der Waals surface area contributed by atoms with Gasteiger partial charge in [0.2, 0.25) is 0 Å². The molecule has 1 amide bonds. The number of hydrogen-bond acceptors (Lipinski definition) is 6. The van der Waals surface area contributed by atoms with Gasteiger partial charge in [0.25, 0.3) is 0 Å². The fourth-order valence-electron chi connectivity index (χ4n) is 1.50. The van der Waals surface area contributed by atoms with E-state index in [0.29, 0.717) is 17.2 Å². The Labute approximate surface area is 122 Å². The van der Waals surface area contributed by atoms with Gasteiger partial charge in [-0.2, -0.15) is 0 Å². The molecular weight excluding hydrogens is 278 g/mol. The van der Waals surface area contributed by atoms with Crippen LogP contribution in [0.3, 0.4) is 0 Å². The van der Waals surface area contributed by atoms with Gasteiger partial charge in [0.1, 0.15) is 11.6 Å². The third-order valence-electron chi connectivity index (χ3n) is 2.43. The molecule has 7 heteroatoms. The average molecular weight is 297 g/mol. The number of thiazole rings is 1. The van der Waals surface area contributed by atoms with Crippen LogP contribution in [0.5, 0.6) is 0 Å². The third-order valence-corrected chi connectivity index (χ3v) is 3.29. The number of hydrogen-bond donors (Lipinski definition) is 2. The van der Waals surface area contributed by atoms with E-state index in [-0.39, 0.29) is 19.8 Å². The molecule has 1 rings (SSSR count). The summed E-state index contributed by atoms with van der Waals surface area (Å²) in [6.07, 6.45) is 2.62. The van der Waals surface area contributed by atoms with Gasteiger partial charge in [-0.25, -0.2) is 9.78 Å². The fourth-order valence-corrected chi connectivity index (χ4v) is 2.22. The lowest BCUT2D eigenvalue weighted by Gasteiger charge is -2.23. The smallest absolute Gasteiger partial charge is 0.410 e. The molecule has 1 atom stereocenters. The molecule has 6 nitrogen and oxygen atoms in total. The number of aliphatic hydroxyl groups is 1. The molecule has 1 heterocycles. The van der Waals surface area contributed by atoms with E-state index in [2.05, 4.69) is 18.1 Å². The van der Waals surface area contributed by atoms with E-state index < -0.39 is 12.1 Å². The van der Waals surface area contributed by atoms with Crippen LogP contribution in [-0.4, -0.2) is 40.8 Å². The molecule has 0 bridgehead atoms. The highest BCUT2D eigenvalue weighted by Crippen LogP contribution is 2.16. The van der Waals surface area contributed by atoms with Crippen LogP contribution in [-0.2, 0) is 11.3 Å². The van der Waals surface area contributed by atoms with Crippen LogP contribution in [0.4, 0.5) is 4.79 Å². The number of rotatable bonds is 8. The van der Waals surface area contributed by atoms with Gasteiger partial charge in [-0.1, -0.05) is 18.7 Å². The first kappa shape index (κ1) is 16.4. The minimum Gasteiger partial charge on any atom is -0.445 e. The topological polar surface area (TPSA) is 88.7 Å². The summed E-state index contributed by atoms with van der Waals surface area (Å²) in [5, 5.41) is 11.4. The number of ether oxygens (including phenoxy) is 1. The summed E-state index contributed by atoms with van der Waals surface area (Å²) in [5.41, 5.74) is 6.66. The van der Waals surface area contributed by atoms with Crippen LogP contribution in [0.15, 0.2) is 30.7 Å². The van der Waals surface area contributed by atoms with E-state index in [1.165, 1.54) is 22.3 Å². The second kappa shape index (κ2) is 8.47. The molecule has 0 aliphatic heterocycles. The van der Waals surface area contributed by atoms with E-state index in [1.807, 2.05) is 0 Å². The number of nitrogens with two attached hydrogens (primary N) is 1. The Bertz CT molecular complexity index is 461. The normalized spacial score (nSPS) is 11.7. The zero-order valence-corrected chi connectivity index (χ0v) is 12.0. The van der Waals surface area contributed by atoms with E-state index in [0.717, 1.165) is 0 Å². The van der Waals surface area contributed by atoms with Crippen molar-refractivity contribution < 1.29 is 14.6 Å². The van der Waals surface area contributed by atoms with Crippen LogP contribution in [0.2, 0.25) is 0 Å². The number of carbonyl (C=O) groups is 1. The molecule has 0 spiro atoms. The lowest BCUT2D eigenvalue weighted by atomic mass is 10.2. The maximum atomic E-state index is 11.8. The van der Waals surface area contributed by atoms with Crippen LogP contribution in [0, 0.1) is 0 Å². The van der Waals surface area contributed by atoms with E-state index in [1.54, 1.807) is 11.5 Å². The highest BCUT2D eigenvalue weighted by molar-refractivity contribution is 7.09. The molecule has 1 aromatic rings. The van der Waals surface area contributed by atoms with Crippen molar-refractivity contribution in [3.63, 3.8) is 0 Å². The van der Waals surface area contributed by atoms with Crippen LogP contribution in [0.1, 0.15) is 16.7 Å². The van der Waals surface area contributed by atoms with E-state index in [4.69, 9.17) is 15.6 Å². The van der Waals surface area contributed by atoms with Crippen molar-refractivity contribution in [3.8, 4) is 0 Å². The summed E-state index contributed by atoms with van der Waals surface area (Å²) in [6.45, 7) is 7.71. The Balaban J connectivity index is 2.66. The second-order valence-electron chi connectivity index (χ2n) is 3.99. The van der Waals surface area contributed by atoms with Crippen LogP contribution < -0.4 is 5.73 Å². The molecule has 0 aliphatic rings. The molecule has 0 aliphatic carbocycles. The maximum absolute atomic E-state index is 11.8. The van der Waals surface area contributed by atoms with Crippen molar-refractivity contribution in [3.05, 3.63) is 41.4 Å². The molecule has 1 aromatic heterocycles. The largest absolute Gasteiger partial charge is 0.445 e. The Morgan fingerprint density at radius 2 is 2.35 bits per heavy atom. The summed E-state index contributed by atoms with van der Waals surface area (Å²) >= 11 is 1.33. The summed E-state index contributed by atoms with van der Waals surface area (Å²) in [4.78, 5) is 17.4. The van der Waals surface area contributed by atoms with Gasteiger partial charge in [0.05, 0.1) is 18.3 Å². The van der Waals surface area contributed by atoms with Crippen LogP contribution in [0.25, 0.3) is 0 Å². The quantitative estimate of drug-likeness (QED) is 0.709. The summed E-state index contributed by atoms with van der Waals surface area (Å²) < 4.78 is 4.98. The second-order valence-corrected chi connectivity index (χ2v) is 4.93. The van der Waals surface area contributed by atoms with Gasteiger partial charge >= 0.3 is 6.09 Å². The third kappa shape index (κ3) is 4.76.